The van der Waals surface area contributed by atoms with E-state index in [4.69, 9.17) is 9.84 Å². The van der Waals surface area contributed by atoms with Gasteiger partial charge in [0.25, 0.3) is 0 Å². The number of fused-ring (bicyclic) bond motifs is 1. The van der Waals surface area contributed by atoms with Crippen molar-refractivity contribution in [3.05, 3.63) is 30.1 Å². The number of piperidine rings is 1. The molecule has 0 bridgehead atoms. The number of nitrogens with zero attached hydrogens (tertiary/aromatic N) is 3. The van der Waals surface area contributed by atoms with E-state index in [1.807, 2.05) is 29.2 Å². The van der Waals surface area contributed by atoms with Gasteiger partial charge in [-0.1, -0.05) is 12.1 Å². The van der Waals surface area contributed by atoms with E-state index in [2.05, 4.69) is 9.72 Å². The molecule has 1 aromatic carbocycles. The number of esters is 1. The number of aromatic nitrogens is 2. The number of methoxy groups -OCH3 is 1. The Labute approximate surface area is 168 Å². The van der Waals surface area contributed by atoms with Crippen molar-refractivity contribution in [2.75, 3.05) is 33.4 Å². The zero-order chi connectivity index (χ0) is 21.0. The Balaban J connectivity index is 1.82. The lowest BCUT2D eigenvalue weighted by atomic mass is 9.92. The average Bonchev–Trinajstić information content (AvgIpc) is 3.11. The standard InChI is InChI=1S/C20H25N3O6/c1-13(29-12-18(26)28-2)23-16-6-4-3-5-15(16)21-20(23)19(27)14-7-9-22(10-8-14)11-17(24)25/h3-6,13-14H,7-12H2,1-2H3,(H,24,25). The molecule has 0 saturated carbocycles. The molecule has 3 rings (SSSR count). The molecule has 9 nitrogen and oxygen atoms in total. The van der Waals surface area contributed by atoms with Gasteiger partial charge in [-0.3, -0.25) is 19.1 Å². The maximum Gasteiger partial charge on any atom is 0.331 e. The zero-order valence-electron chi connectivity index (χ0n) is 16.5. The van der Waals surface area contributed by atoms with Crippen molar-refractivity contribution in [3.8, 4) is 0 Å². The molecule has 2 aromatic rings. The topological polar surface area (TPSA) is 111 Å². The highest BCUT2D eigenvalue weighted by atomic mass is 16.6. The van der Waals surface area contributed by atoms with Crippen molar-refractivity contribution in [2.24, 2.45) is 5.92 Å². The van der Waals surface area contributed by atoms with Crippen LogP contribution < -0.4 is 0 Å². The highest BCUT2D eigenvalue weighted by Gasteiger charge is 2.31. The molecule has 0 spiro atoms. The molecule has 156 valence electrons. The highest BCUT2D eigenvalue weighted by molar-refractivity contribution is 5.98. The first-order valence-corrected chi connectivity index (χ1v) is 9.54. The van der Waals surface area contributed by atoms with Crippen LogP contribution in [-0.4, -0.2) is 70.6 Å². The number of ketones is 1. The van der Waals surface area contributed by atoms with Gasteiger partial charge in [-0.05, 0) is 45.0 Å². The van der Waals surface area contributed by atoms with E-state index < -0.39 is 18.2 Å². The molecule has 1 fully saturated rings. The minimum atomic E-state index is -0.867. The maximum atomic E-state index is 13.3. The van der Waals surface area contributed by atoms with Gasteiger partial charge in [0, 0.05) is 5.92 Å². The lowest BCUT2D eigenvalue weighted by Crippen LogP contribution is -2.39. The predicted molar refractivity (Wildman–Crippen MR) is 104 cm³/mol. The molecule has 1 saturated heterocycles. The minimum absolute atomic E-state index is 0.0160. The van der Waals surface area contributed by atoms with Crippen molar-refractivity contribution >= 4 is 28.8 Å². The number of Topliss-reactive ketones (excluding diaryl/α,β-unsaturated/α-hetero) is 1. The Bertz CT molecular complexity index is 901. The summed E-state index contributed by atoms with van der Waals surface area (Å²) >= 11 is 0. The summed E-state index contributed by atoms with van der Waals surface area (Å²) in [6, 6.07) is 7.38. The third kappa shape index (κ3) is 4.80. The van der Waals surface area contributed by atoms with Gasteiger partial charge < -0.3 is 14.6 Å². The van der Waals surface area contributed by atoms with Gasteiger partial charge in [-0.15, -0.1) is 0 Å². The number of carbonyl (C=O) groups excluding carboxylic acids is 2. The lowest BCUT2D eigenvalue weighted by molar-refractivity contribution is -0.149. The molecular weight excluding hydrogens is 378 g/mol. The maximum absolute atomic E-state index is 13.3. The number of benzene rings is 1. The zero-order valence-corrected chi connectivity index (χ0v) is 16.5. The van der Waals surface area contributed by atoms with Gasteiger partial charge in [0.2, 0.25) is 5.78 Å². The molecule has 0 aliphatic carbocycles. The fraction of sp³-hybridized carbons (Fsp3) is 0.500. The molecule has 29 heavy (non-hydrogen) atoms. The van der Waals surface area contributed by atoms with Crippen LogP contribution in [0.4, 0.5) is 0 Å². The Morgan fingerprint density at radius 1 is 1.24 bits per heavy atom. The fourth-order valence-corrected chi connectivity index (χ4v) is 3.64. The summed E-state index contributed by atoms with van der Waals surface area (Å²) in [5, 5.41) is 8.94. The summed E-state index contributed by atoms with van der Waals surface area (Å²) < 4.78 is 11.9. The number of ether oxygens (including phenoxy) is 2. The number of hydrogen-bond donors (Lipinski definition) is 1. The van der Waals surface area contributed by atoms with Crippen LogP contribution in [0, 0.1) is 5.92 Å². The number of aliphatic carboxylic acids is 1. The summed E-state index contributed by atoms with van der Waals surface area (Å²) in [5.41, 5.74) is 1.42. The first-order chi connectivity index (χ1) is 13.9. The molecule has 1 aromatic heterocycles. The molecule has 1 atom stereocenters. The number of carboxylic acids is 1. The van der Waals surface area contributed by atoms with Crippen LogP contribution in [0.2, 0.25) is 0 Å². The number of likely N-dealkylation sites (tertiary alicyclic amines) is 1. The quantitative estimate of drug-likeness (QED) is 0.524. The van der Waals surface area contributed by atoms with E-state index in [1.54, 1.807) is 11.5 Å². The van der Waals surface area contributed by atoms with Crippen LogP contribution in [0.25, 0.3) is 11.0 Å². The highest BCUT2D eigenvalue weighted by Crippen LogP contribution is 2.27. The Morgan fingerprint density at radius 3 is 2.59 bits per heavy atom. The number of hydrogen-bond acceptors (Lipinski definition) is 7. The second kappa shape index (κ2) is 9.15. The summed E-state index contributed by atoms with van der Waals surface area (Å²) in [5.74, 6) is -1.40. The summed E-state index contributed by atoms with van der Waals surface area (Å²) in [6.07, 6.45) is 0.562. The summed E-state index contributed by atoms with van der Waals surface area (Å²) in [7, 11) is 1.29. The van der Waals surface area contributed by atoms with E-state index in [0.717, 1.165) is 5.52 Å². The molecule has 1 unspecified atom stereocenters. The van der Waals surface area contributed by atoms with Crippen LogP contribution in [0.3, 0.4) is 0 Å². The van der Waals surface area contributed by atoms with Crippen LogP contribution in [0.15, 0.2) is 24.3 Å². The number of carboxylic acid groups (broad SMARTS) is 1. The van der Waals surface area contributed by atoms with Gasteiger partial charge in [0.05, 0.1) is 24.7 Å². The second-order valence-electron chi connectivity index (χ2n) is 7.09. The third-order valence-electron chi connectivity index (χ3n) is 5.17. The number of rotatable bonds is 8. The van der Waals surface area contributed by atoms with E-state index >= 15 is 0 Å². The van der Waals surface area contributed by atoms with Crippen LogP contribution in [0.5, 0.6) is 0 Å². The van der Waals surface area contributed by atoms with Crippen molar-refractivity contribution in [2.45, 2.75) is 26.0 Å². The SMILES string of the molecule is COC(=O)COC(C)n1c(C(=O)C2CCN(CC(=O)O)CC2)nc2ccccc21. The van der Waals surface area contributed by atoms with Crippen molar-refractivity contribution < 1.29 is 29.0 Å². The Kier molecular flexibility index (Phi) is 6.60. The van der Waals surface area contributed by atoms with Crippen LogP contribution >= 0.6 is 0 Å². The van der Waals surface area contributed by atoms with Gasteiger partial charge in [-0.2, -0.15) is 0 Å². The minimum Gasteiger partial charge on any atom is -0.480 e. The normalized spacial score (nSPS) is 16.6. The summed E-state index contributed by atoms with van der Waals surface area (Å²) in [6.45, 7) is 2.61. The molecule has 1 aliphatic rings. The smallest absolute Gasteiger partial charge is 0.331 e. The molecular formula is C20H25N3O6. The van der Waals surface area contributed by atoms with E-state index in [0.29, 0.717) is 37.3 Å². The molecule has 1 N–H and O–H groups in total. The molecule has 1 aliphatic heterocycles. The van der Waals surface area contributed by atoms with E-state index in [1.165, 1.54) is 7.11 Å². The first-order valence-electron chi connectivity index (χ1n) is 9.54. The molecule has 9 heteroatoms. The van der Waals surface area contributed by atoms with Crippen molar-refractivity contribution in [3.63, 3.8) is 0 Å². The number of para-hydroxylation sites is 2. The number of imidazole rings is 1. The van der Waals surface area contributed by atoms with Gasteiger partial charge in [-0.25, -0.2) is 9.78 Å². The lowest BCUT2D eigenvalue weighted by Gasteiger charge is -2.30. The fourth-order valence-electron chi connectivity index (χ4n) is 3.64. The molecule has 2 heterocycles. The van der Waals surface area contributed by atoms with Gasteiger partial charge in [0.15, 0.2) is 5.82 Å². The molecule has 0 amide bonds. The summed E-state index contributed by atoms with van der Waals surface area (Å²) in [4.78, 5) is 41.9. The van der Waals surface area contributed by atoms with Crippen LogP contribution in [0.1, 0.15) is 36.6 Å². The largest absolute Gasteiger partial charge is 0.480 e. The van der Waals surface area contributed by atoms with E-state index in [-0.39, 0.29) is 24.9 Å². The molecule has 0 radical (unpaired) electrons. The van der Waals surface area contributed by atoms with Crippen LogP contribution in [-0.2, 0) is 19.1 Å². The number of carbonyl (C=O) groups is 3. The monoisotopic (exact) mass is 403 g/mol. The Hall–Kier alpha value is -2.78. The second-order valence-corrected chi connectivity index (χ2v) is 7.09. The Morgan fingerprint density at radius 2 is 1.93 bits per heavy atom. The van der Waals surface area contributed by atoms with E-state index in [9.17, 15) is 14.4 Å². The van der Waals surface area contributed by atoms with Crippen molar-refractivity contribution in [1.29, 1.82) is 0 Å². The third-order valence-corrected chi connectivity index (χ3v) is 5.17. The van der Waals surface area contributed by atoms with Gasteiger partial charge in [0.1, 0.15) is 12.8 Å². The van der Waals surface area contributed by atoms with Gasteiger partial charge >= 0.3 is 11.9 Å². The predicted octanol–water partition coefficient (Wildman–Crippen LogP) is 1.72. The van der Waals surface area contributed by atoms with Crippen molar-refractivity contribution in [1.82, 2.24) is 14.5 Å². The first kappa shape index (κ1) is 20.9. The average molecular weight is 403 g/mol.